The summed E-state index contributed by atoms with van der Waals surface area (Å²) < 4.78 is 11.5. The average molecular weight is 735 g/mol. The number of hydrogen-bond acceptors (Lipinski definition) is 10. The Balaban J connectivity index is 1.02. The van der Waals surface area contributed by atoms with E-state index in [4.69, 9.17) is 42.0 Å². The molecule has 0 aliphatic carbocycles. The highest BCUT2D eigenvalue weighted by atomic mass is 32.1. The van der Waals surface area contributed by atoms with Gasteiger partial charge in [0.2, 0.25) is 6.41 Å². The standard InChI is InChI=1S/C40H46N8O4S/c1-38(2,3)51-36(49)47-17-7-9-32(47)34-43-28-15-12-25(21-30(28)44-34)33-41-22-26-19-23(10-13-27(26)42-33)24-11-14-29-31(20-24)46-35(45-29)40(53)16-8-18-48(40)37(50)52-39(4,5)6/h10-15,19-22,32,36,49,53H,7-9,16-18H2,1-6H3,(H,43,44)(H,45,46). The van der Waals surface area contributed by atoms with Crippen LogP contribution in [0.5, 0.6) is 0 Å². The summed E-state index contributed by atoms with van der Waals surface area (Å²) in [6.07, 6.45) is 3.79. The lowest BCUT2D eigenvalue weighted by Gasteiger charge is -2.34. The average Bonchev–Trinajstić information content (AvgIpc) is 3.90. The molecule has 3 atom stereocenters. The number of H-pyrrole nitrogens is 2. The number of ether oxygens (including phenoxy) is 2. The van der Waals surface area contributed by atoms with Gasteiger partial charge in [-0.3, -0.25) is 4.90 Å². The van der Waals surface area contributed by atoms with Crippen molar-refractivity contribution in [3.63, 3.8) is 0 Å². The Labute approximate surface area is 313 Å². The molecule has 13 heteroatoms. The number of nitrogens with one attached hydrogen (secondary N) is 2. The molecule has 3 unspecified atom stereocenters. The maximum atomic E-state index is 13.1. The molecule has 5 heterocycles. The monoisotopic (exact) mass is 734 g/mol. The number of aromatic nitrogens is 6. The van der Waals surface area contributed by atoms with Crippen molar-refractivity contribution in [3.8, 4) is 22.5 Å². The molecule has 12 nitrogen and oxygen atoms in total. The number of imidazole rings is 2. The van der Waals surface area contributed by atoms with Crippen LogP contribution in [-0.4, -0.2) is 81.6 Å². The molecule has 0 radical (unpaired) electrons. The van der Waals surface area contributed by atoms with Crippen LogP contribution in [0.3, 0.4) is 0 Å². The Hall–Kier alpha value is -4.56. The van der Waals surface area contributed by atoms with E-state index >= 15 is 0 Å². The molecule has 0 spiro atoms. The van der Waals surface area contributed by atoms with Crippen molar-refractivity contribution in [3.05, 3.63) is 72.4 Å². The summed E-state index contributed by atoms with van der Waals surface area (Å²) in [5, 5.41) is 11.7. The highest BCUT2D eigenvalue weighted by Crippen LogP contribution is 2.43. The van der Waals surface area contributed by atoms with Gasteiger partial charge in [0.15, 0.2) is 5.82 Å². The third kappa shape index (κ3) is 6.98. The third-order valence-corrected chi connectivity index (χ3v) is 10.5. The van der Waals surface area contributed by atoms with E-state index < -0.39 is 22.5 Å². The lowest BCUT2D eigenvalue weighted by atomic mass is 10.0. The van der Waals surface area contributed by atoms with Gasteiger partial charge < -0.3 is 24.5 Å². The first-order valence-electron chi connectivity index (χ1n) is 18.3. The van der Waals surface area contributed by atoms with Gasteiger partial charge in [-0.25, -0.2) is 29.6 Å². The zero-order valence-electron chi connectivity index (χ0n) is 31.0. The van der Waals surface area contributed by atoms with Crippen LogP contribution < -0.4 is 0 Å². The summed E-state index contributed by atoms with van der Waals surface area (Å²) in [6.45, 7) is 12.7. The van der Waals surface area contributed by atoms with Gasteiger partial charge in [0, 0.05) is 30.2 Å². The predicted octanol–water partition coefficient (Wildman–Crippen LogP) is 8.06. The second-order valence-corrected chi connectivity index (χ2v) is 16.9. The zero-order chi connectivity index (χ0) is 37.3. The first kappa shape index (κ1) is 35.5. The third-order valence-electron chi connectivity index (χ3n) is 9.85. The van der Waals surface area contributed by atoms with E-state index in [0.717, 1.165) is 81.3 Å². The first-order chi connectivity index (χ1) is 25.1. The number of aliphatic hydroxyl groups excluding tert-OH is 1. The maximum absolute atomic E-state index is 13.1. The zero-order valence-corrected chi connectivity index (χ0v) is 31.9. The van der Waals surface area contributed by atoms with E-state index in [0.29, 0.717) is 24.6 Å². The van der Waals surface area contributed by atoms with Gasteiger partial charge in [0.1, 0.15) is 22.1 Å². The van der Waals surface area contributed by atoms with Crippen molar-refractivity contribution in [1.29, 1.82) is 0 Å². The first-order valence-corrected chi connectivity index (χ1v) is 18.7. The van der Waals surface area contributed by atoms with E-state index in [9.17, 15) is 9.90 Å². The summed E-state index contributed by atoms with van der Waals surface area (Å²) in [5.74, 6) is 2.07. The quantitative estimate of drug-likeness (QED) is 0.0986. The number of carbonyl (C=O) groups is 1. The van der Waals surface area contributed by atoms with Crippen LogP contribution >= 0.6 is 12.6 Å². The minimum Gasteiger partial charge on any atom is -0.444 e. The van der Waals surface area contributed by atoms with Crippen LogP contribution in [0.1, 0.15) is 84.9 Å². The molecule has 53 heavy (non-hydrogen) atoms. The number of thiol groups is 1. The second-order valence-electron chi connectivity index (χ2n) is 16.1. The van der Waals surface area contributed by atoms with Crippen molar-refractivity contribution in [2.45, 2.75) is 95.8 Å². The Morgan fingerprint density at radius 2 is 1.55 bits per heavy atom. The van der Waals surface area contributed by atoms with Crippen LogP contribution in [0.4, 0.5) is 4.79 Å². The topological polar surface area (TPSA) is 145 Å². The van der Waals surface area contributed by atoms with Crippen LogP contribution in [0.25, 0.3) is 55.5 Å². The summed E-state index contributed by atoms with van der Waals surface area (Å²) in [6, 6.07) is 18.2. The summed E-state index contributed by atoms with van der Waals surface area (Å²) in [7, 11) is 0. The van der Waals surface area contributed by atoms with Crippen molar-refractivity contribution in [2.75, 3.05) is 13.1 Å². The van der Waals surface area contributed by atoms with E-state index in [1.54, 1.807) is 4.90 Å². The number of nitrogens with zero attached hydrogens (tertiary/aromatic N) is 6. The predicted molar refractivity (Wildman–Crippen MR) is 208 cm³/mol. The second kappa shape index (κ2) is 13.1. The number of aromatic amines is 2. The maximum Gasteiger partial charge on any atom is 0.411 e. The minimum atomic E-state index is -1.00. The SMILES string of the molecule is CC(C)(C)OC(=O)N1CCCC1(S)c1nc2ccc(-c3ccc4nc(-c5ccc6nc(C7CCCN7C(O)OC(C)(C)C)[nH]c6c5)ncc4c3)cc2[nH]1. The molecule has 3 N–H and O–H groups in total. The number of carbonyl (C=O) groups excluding carboxylic acids is 1. The molecule has 3 aromatic heterocycles. The molecule has 2 fully saturated rings. The van der Waals surface area contributed by atoms with Crippen LogP contribution in [0.2, 0.25) is 0 Å². The smallest absolute Gasteiger partial charge is 0.411 e. The molecule has 2 saturated heterocycles. The number of hydrogen-bond donors (Lipinski definition) is 4. The van der Waals surface area contributed by atoms with Crippen LogP contribution in [0, 0.1) is 0 Å². The number of aliphatic hydroxyl groups is 1. The molecular formula is C40H46N8O4S. The van der Waals surface area contributed by atoms with Gasteiger partial charge in [-0.15, -0.1) is 12.6 Å². The Kier molecular flexibility index (Phi) is 8.75. The fourth-order valence-electron chi connectivity index (χ4n) is 7.40. The van der Waals surface area contributed by atoms with Gasteiger partial charge in [0.25, 0.3) is 0 Å². The van der Waals surface area contributed by atoms with E-state index in [1.807, 2.05) is 89.0 Å². The Morgan fingerprint density at radius 3 is 2.30 bits per heavy atom. The van der Waals surface area contributed by atoms with Gasteiger partial charge in [-0.1, -0.05) is 12.1 Å². The van der Waals surface area contributed by atoms with Crippen LogP contribution in [0.15, 0.2) is 60.8 Å². The van der Waals surface area contributed by atoms with Gasteiger partial charge in [-0.2, -0.15) is 0 Å². The summed E-state index contributed by atoms with van der Waals surface area (Å²) in [4.78, 5) is 42.2. The molecule has 0 saturated carbocycles. The Bertz CT molecular complexity index is 2340. The normalized spacial score (nSPS) is 20.6. The highest BCUT2D eigenvalue weighted by Gasteiger charge is 2.46. The number of benzene rings is 3. The largest absolute Gasteiger partial charge is 0.444 e. The molecule has 1 amide bonds. The molecule has 8 rings (SSSR count). The molecular weight excluding hydrogens is 689 g/mol. The fourth-order valence-corrected chi connectivity index (χ4v) is 7.84. The van der Waals surface area contributed by atoms with E-state index in [-0.39, 0.29) is 12.1 Å². The molecule has 0 bridgehead atoms. The molecule has 2 aliphatic heterocycles. The molecule has 6 aromatic rings. The van der Waals surface area contributed by atoms with E-state index in [2.05, 4.69) is 28.2 Å². The van der Waals surface area contributed by atoms with Crippen molar-refractivity contribution < 1.29 is 19.4 Å². The summed E-state index contributed by atoms with van der Waals surface area (Å²) >= 11 is 4.99. The molecule has 3 aromatic carbocycles. The van der Waals surface area contributed by atoms with E-state index in [1.165, 1.54) is 0 Å². The number of likely N-dealkylation sites (tertiary alicyclic amines) is 2. The van der Waals surface area contributed by atoms with Crippen molar-refractivity contribution >= 4 is 51.7 Å². The highest BCUT2D eigenvalue weighted by molar-refractivity contribution is 7.81. The number of amides is 1. The number of rotatable bonds is 6. The van der Waals surface area contributed by atoms with Gasteiger partial charge >= 0.3 is 6.09 Å². The van der Waals surface area contributed by atoms with Gasteiger partial charge in [0.05, 0.1) is 39.2 Å². The Morgan fingerprint density at radius 1 is 0.868 bits per heavy atom. The minimum absolute atomic E-state index is 0.0632. The fraction of sp³-hybridized carbons (Fsp3) is 0.425. The number of fused-ring (bicyclic) bond motifs is 3. The van der Waals surface area contributed by atoms with Gasteiger partial charge in [-0.05, 0) is 121 Å². The molecule has 276 valence electrons. The van der Waals surface area contributed by atoms with Crippen molar-refractivity contribution in [2.24, 2.45) is 0 Å². The summed E-state index contributed by atoms with van der Waals surface area (Å²) in [5.41, 5.74) is 6.10. The van der Waals surface area contributed by atoms with Crippen molar-refractivity contribution in [1.82, 2.24) is 39.7 Å². The lowest BCUT2D eigenvalue weighted by Crippen LogP contribution is -2.44. The lowest BCUT2D eigenvalue weighted by molar-refractivity contribution is -0.243. The molecule has 2 aliphatic rings. The van der Waals surface area contributed by atoms with Crippen LogP contribution in [-0.2, 0) is 14.3 Å².